The van der Waals surface area contributed by atoms with E-state index in [0.29, 0.717) is 12.4 Å². The maximum atomic E-state index is 12.6. The summed E-state index contributed by atoms with van der Waals surface area (Å²) in [7, 11) is 0. The predicted molar refractivity (Wildman–Crippen MR) is 127 cm³/mol. The number of carbonyl (C=O) groups excluding carboxylic acids is 2. The second-order valence-electron chi connectivity index (χ2n) is 9.59. The minimum Gasteiger partial charge on any atom is -0.390 e. The van der Waals surface area contributed by atoms with Crippen LogP contribution in [0.15, 0.2) is 36.7 Å². The first-order chi connectivity index (χ1) is 16.5. The summed E-state index contributed by atoms with van der Waals surface area (Å²) < 4.78 is 0. The number of aromatic nitrogens is 2. The number of nitrogens with one attached hydrogen (secondary N) is 2. The summed E-state index contributed by atoms with van der Waals surface area (Å²) in [6, 6.07) is 10.2. The monoisotopic (exact) mass is 464 g/mol. The van der Waals surface area contributed by atoms with E-state index >= 15 is 0 Å². The number of β-amino-alcohol motifs (C(OH)–C–C–N with tert-alkyl or cyclic N) is 1. The molecule has 0 unspecified atom stereocenters. The average molecular weight is 465 g/mol. The van der Waals surface area contributed by atoms with Gasteiger partial charge in [0.25, 0.3) is 5.91 Å². The van der Waals surface area contributed by atoms with Crippen molar-refractivity contribution in [3.05, 3.63) is 53.5 Å². The van der Waals surface area contributed by atoms with Crippen LogP contribution in [0, 0.1) is 5.92 Å². The van der Waals surface area contributed by atoms with Crippen LogP contribution in [0.1, 0.15) is 40.9 Å². The van der Waals surface area contributed by atoms with E-state index < -0.39 is 6.10 Å². The number of nitrogens with zero attached hydrogens (tertiary/aromatic N) is 4. The first-order valence-electron chi connectivity index (χ1n) is 12.2. The Hall–Kier alpha value is -3.04. The normalized spacial score (nSPS) is 22.7. The molecule has 2 aromatic rings. The van der Waals surface area contributed by atoms with Crippen LogP contribution in [-0.2, 0) is 17.8 Å². The molecule has 0 bridgehead atoms. The smallest absolute Gasteiger partial charge is 0.270 e. The van der Waals surface area contributed by atoms with Crippen LogP contribution in [0.25, 0.3) is 0 Å². The Morgan fingerprint density at radius 2 is 1.91 bits per heavy atom. The van der Waals surface area contributed by atoms with Crippen LogP contribution in [0.2, 0.25) is 0 Å². The van der Waals surface area contributed by atoms with E-state index in [1.54, 1.807) is 6.07 Å². The van der Waals surface area contributed by atoms with E-state index in [1.807, 2.05) is 11.0 Å². The van der Waals surface area contributed by atoms with Gasteiger partial charge in [-0.2, -0.15) is 0 Å². The molecule has 1 saturated heterocycles. The zero-order chi connectivity index (χ0) is 23.5. The fraction of sp³-hybridized carbons (Fsp3) is 0.520. The van der Waals surface area contributed by atoms with Crippen molar-refractivity contribution < 1.29 is 14.7 Å². The molecular formula is C25H32N6O3. The van der Waals surface area contributed by atoms with E-state index in [4.69, 9.17) is 0 Å². The molecule has 2 amide bonds. The third-order valence-electron chi connectivity index (χ3n) is 7.08. The number of carbonyl (C=O) groups is 2. The van der Waals surface area contributed by atoms with Gasteiger partial charge in [-0.1, -0.05) is 24.3 Å². The number of fused-ring (bicyclic) bond motifs is 1. The van der Waals surface area contributed by atoms with E-state index in [1.165, 1.54) is 17.5 Å². The van der Waals surface area contributed by atoms with Crippen molar-refractivity contribution in [1.29, 1.82) is 0 Å². The van der Waals surface area contributed by atoms with Crippen LogP contribution in [0.3, 0.4) is 0 Å². The largest absolute Gasteiger partial charge is 0.390 e. The number of anilines is 1. The number of hydrogen-bond acceptors (Lipinski definition) is 7. The minimum atomic E-state index is -0.663. The van der Waals surface area contributed by atoms with E-state index in [-0.39, 0.29) is 36.0 Å². The van der Waals surface area contributed by atoms with Gasteiger partial charge in [0.05, 0.1) is 6.10 Å². The van der Waals surface area contributed by atoms with Crippen LogP contribution in [0.4, 0.5) is 5.82 Å². The Bertz CT molecular complexity index is 1040. The van der Waals surface area contributed by atoms with Gasteiger partial charge in [-0.15, -0.1) is 0 Å². The van der Waals surface area contributed by atoms with Crippen molar-refractivity contribution in [2.45, 2.75) is 44.4 Å². The number of benzene rings is 1. The summed E-state index contributed by atoms with van der Waals surface area (Å²) in [6.45, 7) is 4.15. The van der Waals surface area contributed by atoms with Gasteiger partial charge in [-0.25, -0.2) is 9.97 Å². The Labute approximate surface area is 199 Å². The maximum Gasteiger partial charge on any atom is 0.270 e. The molecule has 180 valence electrons. The molecule has 5 rings (SSSR count). The number of aliphatic hydroxyl groups is 1. The second kappa shape index (κ2) is 10.1. The van der Waals surface area contributed by atoms with Crippen molar-refractivity contribution in [1.82, 2.24) is 25.1 Å². The van der Waals surface area contributed by atoms with Crippen LogP contribution < -0.4 is 10.6 Å². The van der Waals surface area contributed by atoms with Gasteiger partial charge < -0.3 is 20.6 Å². The predicted octanol–water partition coefficient (Wildman–Crippen LogP) is 1.05. The lowest BCUT2D eigenvalue weighted by Gasteiger charge is -2.41. The third-order valence-corrected chi connectivity index (χ3v) is 7.08. The second-order valence-corrected chi connectivity index (χ2v) is 9.59. The molecule has 3 aliphatic rings. The number of likely N-dealkylation sites (tertiary alicyclic amines) is 1. The molecular weight excluding hydrogens is 432 g/mol. The quantitative estimate of drug-likeness (QED) is 0.536. The summed E-state index contributed by atoms with van der Waals surface area (Å²) in [5.41, 5.74) is 2.92. The highest BCUT2D eigenvalue weighted by molar-refractivity contribution is 5.92. The molecule has 0 spiro atoms. The molecule has 0 radical (unpaired) electrons. The Kier molecular flexibility index (Phi) is 6.73. The van der Waals surface area contributed by atoms with Crippen molar-refractivity contribution in [2.24, 2.45) is 5.92 Å². The lowest BCUT2D eigenvalue weighted by molar-refractivity contribution is -0.142. The van der Waals surface area contributed by atoms with Gasteiger partial charge in [-0.05, 0) is 36.8 Å². The standard InChI is InChI=1S/C25H32N6O3/c32-21(15-30-9-6-17-4-1-2-5-18(17)14-30)13-26-24(33)22-12-23(28-16-27-22)29-20-10-19(11-20)25(34)31-7-3-8-31/h1-2,4-5,12,16,19-21,32H,3,6-11,13-15H2,(H,26,33)(H,27,28,29)/t19-,20-,21-/m0/s1. The number of aliphatic hydroxyl groups excluding tert-OH is 1. The molecule has 9 nitrogen and oxygen atoms in total. The summed E-state index contributed by atoms with van der Waals surface area (Å²) in [6.07, 6.45) is 4.35. The fourth-order valence-corrected chi connectivity index (χ4v) is 4.88. The minimum absolute atomic E-state index is 0.0947. The van der Waals surface area contributed by atoms with Gasteiger partial charge in [0.15, 0.2) is 0 Å². The molecule has 3 N–H and O–H groups in total. The van der Waals surface area contributed by atoms with E-state index in [9.17, 15) is 14.7 Å². The molecule has 1 atom stereocenters. The molecule has 3 heterocycles. The van der Waals surface area contributed by atoms with Crippen LogP contribution in [-0.4, -0.2) is 81.6 Å². The van der Waals surface area contributed by atoms with Gasteiger partial charge in [-0.3, -0.25) is 14.5 Å². The zero-order valence-corrected chi connectivity index (χ0v) is 19.3. The zero-order valence-electron chi connectivity index (χ0n) is 19.3. The molecule has 9 heteroatoms. The first-order valence-corrected chi connectivity index (χ1v) is 12.2. The average Bonchev–Trinajstić information content (AvgIpc) is 2.78. The van der Waals surface area contributed by atoms with Crippen molar-refractivity contribution in [2.75, 3.05) is 38.0 Å². The van der Waals surface area contributed by atoms with E-state index in [0.717, 1.165) is 51.9 Å². The molecule has 1 aliphatic carbocycles. The Balaban J connectivity index is 1.06. The SMILES string of the molecule is O=C(NC[C@H](O)CN1CCc2ccccc2C1)c1cc(N[C@H]2C[C@H](C(=O)N3CCC3)C2)ncn1. The Morgan fingerprint density at radius 1 is 1.12 bits per heavy atom. The van der Waals surface area contributed by atoms with Gasteiger partial charge >= 0.3 is 0 Å². The molecule has 34 heavy (non-hydrogen) atoms. The highest BCUT2D eigenvalue weighted by Crippen LogP contribution is 2.32. The van der Waals surface area contributed by atoms with Gasteiger partial charge in [0, 0.05) is 57.3 Å². The van der Waals surface area contributed by atoms with Gasteiger partial charge in [0.2, 0.25) is 5.91 Å². The van der Waals surface area contributed by atoms with Crippen molar-refractivity contribution in [3.8, 4) is 0 Å². The lowest BCUT2D eigenvalue weighted by Crippen LogP contribution is -2.50. The topological polar surface area (TPSA) is 111 Å². The first kappa shape index (κ1) is 22.7. The third kappa shape index (κ3) is 5.20. The van der Waals surface area contributed by atoms with Crippen molar-refractivity contribution >= 4 is 17.6 Å². The highest BCUT2D eigenvalue weighted by atomic mass is 16.3. The molecule has 1 saturated carbocycles. The van der Waals surface area contributed by atoms with Crippen LogP contribution in [0.5, 0.6) is 0 Å². The van der Waals surface area contributed by atoms with Crippen LogP contribution >= 0.6 is 0 Å². The number of hydrogen-bond donors (Lipinski definition) is 3. The number of amides is 2. The molecule has 1 aromatic heterocycles. The fourth-order valence-electron chi connectivity index (χ4n) is 4.88. The molecule has 2 aliphatic heterocycles. The summed E-state index contributed by atoms with van der Waals surface area (Å²) >= 11 is 0. The van der Waals surface area contributed by atoms with E-state index in [2.05, 4.69) is 43.7 Å². The maximum absolute atomic E-state index is 12.6. The highest BCUT2D eigenvalue weighted by Gasteiger charge is 2.38. The summed E-state index contributed by atoms with van der Waals surface area (Å²) in [5, 5.41) is 16.5. The summed E-state index contributed by atoms with van der Waals surface area (Å²) in [4.78, 5) is 37.3. The molecule has 1 aromatic carbocycles. The van der Waals surface area contributed by atoms with Crippen molar-refractivity contribution in [3.63, 3.8) is 0 Å². The Morgan fingerprint density at radius 3 is 2.68 bits per heavy atom. The lowest BCUT2D eigenvalue weighted by atomic mass is 9.79. The molecule has 2 fully saturated rings. The number of rotatable bonds is 8. The summed E-state index contributed by atoms with van der Waals surface area (Å²) in [5.74, 6) is 0.595. The van der Waals surface area contributed by atoms with Gasteiger partial charge in [0.1, 0.15) is 17.8 Å².